The number of hydrogen-bond donors (Lipinski definition) is 1. The molecule has 1 rings (SSSR count). The number of nitrogens with zero attached hydrogens (tertiary/aromatic N) is 4. The number of rotatable bonds is 5. The Morgan fingerprint density at radius 2 is 1.84 bits per heavy atom. The van der Waals surface area contributed by atoms with Crippen LogP contribution in [0.2, 0.25) is 0 Å². The molecule has 1 heterocycles. The van der Waals surface area contributed by atoms with E-state index in [-0.39, 0.29) is 17.1 Å². The van der Waals surface area contributed by atoms with Crippen molar-refractivity contribution in [3.8, 4) is 0 Å². The number of H-pyrrole nitrogens is 1. The highest BCUT2D eigenvalue weighted by molar-refractivity contribution is 5.90. The van der Waals surface area contributed by atoms with Crippen molar-refractivity contribution in [3.63, 3.8) is 0 Å². The molecule has 1 aromatic rings. The van der Waals surface area contributed by atoms with Gasteiger partial charge in [-0.05, 0) is 27.1 Å². The lowest BCUT2D eigenvalue weighted by atomic mass is 9.96. The summed E-state index contributed by atoms with van der Waals surface area (Å²) in [7, 11) is 5.82. The van der Waals surface area contributed by atoms with E-state index in [9.17, 15) is 4.79 Å². The standard InChI is InChI=1S/C13H25N5O/c1-13(2,3)12-14-10(15-16-12)11(19)18(6)9-7-8-17(4)5/h7-9H2,1-6H3,(H,14,15,16). The van der Waals surface area contributed by atoms with Gasteiger partial charge in [0.1, 0.15) is 5.82 Å². The van der Waals surface area contributed by atoms with Crippen LogP contribution >= 0.6 is 0 Å². The first-order valence-electron chi connectivity index (χ1n) is 6.55. The molecule has 6 heteroatoms. The molecule has 0 aliphatic carbocycles. The molecule has 0 spiro atoms. The highest BCUT2D eigenvalue weighted by Gasteiger charge is 2.22. The van der Waals surface area contributed by atoms with Crippen LogP contribution < -0.4 is 0 Å². The maximum Gasteiger partial charge on any atom is 0.293 e. The van der Waals surface area contributed by atoms with Crippen LogP contribution in [0.15, 0.2) is 0 Å². The third-order valence-electron chi connectivity index (χ3n) is 2.83. The molecule has 1 N–H and O–H groups in total. The van der Waals surface area contributed by atoms with Crippen LogP contribution in [-0.4, -0.2) is 65.1 Å². The van der Waals surface area contributed by atoms with E-state index in [1.807, 2.05) is 34.9 Å². The topological polar surface area (TPSA) is 65.1 Å². The summed E-state index contributed by atoms with van der Waals surface area (Å²) in [5, 5.41) is 6.85. The van der Waals surface area contributed by atoms with Crippen molar-refractivity contribution >= 4 is 5.91 Å². The normalized spacial score (nSPS) is 11.9. The fourth-order valence-corrected chi connectivity index (χ4v) is 1.59. The van der Waals surface area contributed by atoms with Gasteiger partial charge in [-0.2, -0.15) is 0 Å². The van der Waals surface area contributed by atoms with Crippen molar-refractivity contribution in [2.24, 2.45) is 0 Å². The lowest BCUT2D eigenvalue weighted by Gasteiger charge is -2.17. The average Bonchev–Trinajstić information content (AvgIpc) is 2.76. The van der Waals surface area contributed by atoms with E-state index in [0.29, 0.717) is 6.54 Å². The molecule has 0 aliphatic heterocycles. The predicted octanol–water partition coefficient (Wildman–Crippen LogP) is 1.13. The molecule has 0 saturated heterocycles. The van der Waals surface area contributed by atoms with Crippen molar-refractivity contribution in [1.29, 1.82) is 0 Å². The maximum absolute atomic E-state index is 12.1. The summed E-state index contributed by atoms with van der Waals surface area (Å²) < 4.78 is 0. The van der Waals surface area contributed by atoms with Gasteiger partial charge in [-0.25, -0.2) is 4.98 Å². The fraction of sp³-hybridized carbons (Fsp3) is 0.769. The Bertz CT molecular complexity index is 419. The average molecular weight is 267 g/mol. The van der Waals surface area contributed by atoms with E-state index in [2.05, 4.69) is 20.1 Å². The summed E-state index contributed by atoms with van der Waals surface area (Å²) >= 11 is 0. The van der Waals surface area contributed by atoms with Crippen LogP contribution in [-0.2, 0) is 5.41 Å². The first-order chi connectivity index (χ1) is 8.71. The molecule has 108 valence electrons. The minimum atomic E-state index is -0.134. The summed E-state index contributed by atoms with van der Waals surface area (Å²) in [5.41, 5.74) is -0.130. The third-order valence-corrected chi connectivity index (χ3v) is 2.83. The van der Waals surface area contributed by atoms with Crippen LogP contribution in [0.1, 0.15) is 43.6 Å². The van der Waals surface area contributed by atoms with Crippen LogP contribution in [0.3, 0.4) is 0 Å². The molecule has 0 atom stereocenters. The molecule has 0 unspecified atom stereocenters. The van der Waals surface area contributed by atoms with Gasteiger partial charge in [-0.1, -0.05) is 20.8 Å². The lowest BCUT2D eigenvalue weighted by Crippen LogP contribution is -2.30. The summed E-state index contributed by atoms with van der Waals surface area (Å²) in [6.45, 7) is 7.75. The molecule has 19 heavy (non-hydrogen) atoms. The molecule has 1 amide bonds. The van der Waals surface area contributed by atoms with Crippen molar-refractivity contribution < 1.29 is 4.79 Å². The predicted molar refractivity (Wildman–Crippen MR) is 75.2 cm³/mol. The Morgan fingerprint density at radius 3 is 2.32 bits per heavy atom. The molecule has 0 aliphatic rings. The largest absolute Gasteiger partial charge is 0.339 e. The Hall–Kier alpha value is -1.43. The molecule has 0 saturated carbocycles. The lowest BCUT2D eigenvalue weighted by molar-refractivity contribution is 0.0779. The second-order valence-electron chi connectivity index (χ2n) is 6.14. The fourth-order valence-electron chi connectivity index (χ4n) is 1.59. The first-order valence-corrected chi connectivity index (χ1v) is 6.55. The van der Waals surface area contributed by atoms with Gasteiger partial charge in [0.25, 0.3) is 5.91 Å². The molecular weight excluding hydrogens is 242 g/mol. The van der Waals surface area contributed by atoms with Crippen LogP contribution in [0, 0.1) is 0 Å². The zero-order valence-electron chi connectivity index (χ0n) is 12.8. The van der Waals surface area contributed by atoms with E-state index >= 15 is 0 Å². The number of aromatic amines is 1. The summed E-state index contributed by atoms with van der Waals surface area (Å²) in [6, 6.07) is 0. The second kappa shape index (κ2) is 6.14. The Labute approximate surface area is 115 Å². The van der Waals surface area contributed by atoms with E-state index in [0.717, 1.165) is 18.8 Å². The Kier molecular flexibility index (Phi) is 5.05. The quantitative estimate of drug-likeness (QED) is 0.868. The number of carbonyl (C=O) groups excluding carboxylic acids is 1. The summed E-state index contributed by atoms with van der Waals surface area (Å²) in [5.74, 6) is 0.848. The first kappa shape index (κ1) is 15.6. The van der Waals surface area contributed by atoms with Crippen molar-refractivity contribution in [3.05, 3.63) is 11.6 Å². The van der Waals surface area contributed by atoms with Gasteiger partial charge in [0.2, 0.25) is 5.82 Å². The van der Waals surface area contributed by atoms with E-state index in [1.54, 1.807) is 11.9 Å². The number of aromatic nitrogens is 3. The molecule has 0 radical (unpaired) electrons. The molecule has 6 nitrogen and oxygen atoms in total. The second-order valence-corrected chi connectivity index (χ2v) is 6.14. The van der Waals surface area contributed by atoms with Crippen LogP contribution in [0.5, 0.6) is 0 Å². The van der Waals surface area contributed by atoms with E-state index in [1.165, 1.54) is 0 Å². The van der Waals surface area contributed by atoms with Gasteiger partial charge in [0.15, 0.2) is 0 Å². The Morgan fingerprint density at radius 1 is 1.21 bits per heavy atom. The number of amides is 1. The summed E-state index contributed by atoms with van der Waals surface area (Å²) in [4.78, 5) is 20.2. The highest BCUT2D eigenvalue weighted by atomic mass is 16.2. The van der Waals surface area contributed by atoms with Gasteiger partial charge >= 0.3 is 0 Å². The number of carbonyl (C=O) groups is 1. The smallest absolute Gasteiger partial charge is 0.293 e. The van der Waals surface area contributed by atoms with Gasteiger partial charge in [-0.3, -0.25) is 9.89 Å². The van der Waals surface area contributed by atoms with Crippen molar-refractivity contribution in [2.75, 3.05) is 34.2 Å². The zero-order valence-corrected chi connectivity index (χ0v) is 12.8. The van der Waals surface area contributed by atoms with Gasteiger partial charge in [0, 0.05) is 19.0 Å². The van der Waals surface area contributed by atoms with Gasteiger partial charge in [-0.15, -0.1) is 5.10 Å². The Balaban J connectivity index is 2.60. The molecular formula is C13H25N5O. The monoisotopic (exact) mass is 267 g/mol. The van der Waals surface area contributed by atoms with Crippen molar-refractivity contribution in [2.45, 2.75) is 32.6 Å². The third kappa shape index (κ3) is 4.63. The maximum atomic E-state index is 12.1. The molecule has 0 fully saturated rings. The van der Waals surface area contributed by atoms with E-state index < -0.39 is 0 Å². The minimum absolute atomic E-state index is 0.130. The number of nitrogens with one attached hydrogen (secondary N) is 1. The van der Waals surface area contributed by atoms with Crippen molar-refractivity contribution in [1.82, 2.24) is 25.0 Å². The molecule has 0 bridgehead atoms. The SMILES string of the molecule is CN(C)CCCN(C)C(=O)c1n[nH]c(C(C)(C)C)n1. The molecule has 0 aromatic carbocycles. The molecule has 1 aromatic heterocycles. The van der Waals surface area contributed by atoms with E-state index in [4.69, 9.17) is 0 Å². The zero-order chi connectivity index (χ0) is 14.6. The highest BCUT2D eigenvalue weighted by Crippen LogP contribution is 2.17. The van der Waals surface area contributed by atoms with Crippen LogP contribution in [0.4, 0.5) is 0 Å². The van der Waals surface area contributed by atoms with Gasteiger partial charge in [0.05, 0.1) is 0 Å². The number of hydrogen-bond acceptors (Lipinski definition) is 4. The summed E-state index contributed by atoms with van der Waals surface area (Å²) in [6.07, 6.45) is 0.936. The van der Waals surface area contributed by atoms with Gasteiger partial charge < -0.3 is 9.80 Å². The van der Waals surface area contributed by atoms with Crippen LogP contribution in [0.25, 0.3) is 0 Å². The minimum Gasteiger partial charge on any atom is -0.339 e.